The van der Waals surface area contributed by atoms with Crippen LogP contribution in [-0.4, -0.2) is 28.0 Å². The van der Waals surface area contributed by atoms with Crippen LogP contribution in [0.4, 0.5) is 5.69 Å². The summed E-state index contributed by atoms with van der Waals surface area (Å²) >= 11 is 0. The van der Waals surface area contributed by atoms with Crippen LogP contribution in [0.5, 0.6) is 0 Å². The minimum absolute atomic E-state index is 0.175. The van der Waals surface area contributed by atoms with E-state index < -0.39 is 10.0 Å². The Morgan fingerprint density at radius 3 is 2.55 bits per heavy atom. The van der Waals surface area contributed by atoms with Crippen LogP contribution in [0.2, 0.25) is 0 Å². The van der Waals surface area contributed by atoms with Crippen molar-refractivity contribution in [3.63, 3.8) is 0 Å². The summed E-state index contributed by atoms with van der Waals surface area (Å²) < 4.78 is 29.7. The molecule has 0 saturated heterocycles. The lowest BCUT2D eigenvalue weighted by Crippen LogP contribution is -2.15. The molecule has 2 N–H and O–H groups in total. The number of hydrogen-bond donors (Lipinski definition) is 2. The van der Waals surface area contributed by atoms with Crippen molar-refractivity contribution in [2.45, 2.75) is 32.6 Å². The summed E-state index contributed by atoms with van der Waals surface area (Å²) in [6.45, 7) is 7.17. The molecule has 0 aliphatic carbocycles. The second-order valence-electron chi connectivity index (χ2n) is 5.27. The number of H-pyrrole nitrogens is 1. The Bertz CT molecular complexity index is 949. The molecule has 0 atom stereocenters. The normalized spacial score (nSPS) is 12.0. The first-order valence-corrected chi connectivity index (χ1v) is 8.28. The predicted molar refractivity (Wildman–Crippen MR) is 83.5 cm³/mol. The molecule has 0 amide bonds. The first-order valence-electron chi connectivity index (χ1n) is 6.80. The fraction of sp³-hybridized carbons (Fsp3) is 0.286. The van der Waals surface area contributed by atoms with Crippen LogP contribution in [0.15, 0.2) is 23.2 Å². The number of nitrogens with zero attached hydrogens (tertiary/aromatic N) is 3. The van der Waals surface area contributed by atoms with Crippen molar-refractivity contribution in [2.75, 3.05) is 4.72 Å². The molecule has 0 unspecified atom stereocenters. The Balaban J connectivity index is 2.12. The zero-order valence-electron chi connectivity index (χ0n) is 12.8. The van der Waals surface area contributed by atoms with E-state index in [1.165, 1.54) is 0 Å². The number of aromatic nitrogens is 4. The molecular weight excluding hydrogens is 302 g/mol. The van der Waals surface area contributed by atoms with Crippen LogP contribution in [0.1, 0.15) is 22.8 Å². The average Bonchev–Trinajstić information content (AvgIpc) is 2.92. The topological polar surface area (TPSA) is 92.1 Å². The lowest BCUT2D eigenvalue weighted by Gasteiger charge is -2.09. The number of aryl methyl sites for hydroxylation is 4. The number of hydrogen-bond acceptors (Lipinski definition) is 4. The molecule has 0 spiro atoms. The first kappa shape index (κ1) is 14.6. The summed E-state index contributed by atoms with van der Waals surface area (Å²) in [5.41, 5.74) is 3.81. The van der Waals surface area contributed by atoms with Crippen molar-refractivity contribution in [1.29, 1.82) is 0 Å². The maximum absolute atomic E-state index is 12.6. The molecule has 0 bridgehead atoms. The molecule has 0 aliphatic rings. The summed E-state index contributed by atoms with van der Waals surface area (Å²) in [7, 11) is -3.72. The summed E-state index contributed by atoms with van der Waals surface area (Å²) in [6.07, 6.45) is 1.86. The van der Waals surface area contributed by atoms with E-state index in [2.05, 4.69) is 19.9 Å². The predicted octanol–water partition coefficient (Wildman–Crippen LogP) is 2.09. The molecule has 7 nitrogen and oxygen atoms in total. The zero-order valence-corrected chi connectivity index (χ0v) is 13.6. The minimum atomic E-state index is -3.72. The Hall–Kier alpha value is -2.35. The first-order chi connectivity index (χ1) is 10.3. The number of fused-ring (bicyclic) bond motifs is 1. The Kier molecular flexibility index (Phi) is 3.21. The number of imidazole rings is 1. The van der Waals surface area contributed by atoms with E-state index in [1.54, 1.807) is 26.0 Å². The van der Waals surface area contributed by atoms with Crippen LogP contribution in [0.3, 0.4) is 0 Å². The van der Waals surface area contributed by atoms with Crippen LogP contribution in [0.25, 0.3) is 5.65 Å². The van der Waals surface area contributed by atoms with Gasteiger partial charge in [-0.2, -0.15) is 5.10 Å². The highest BCUT2D eigenvalue weighted by atomic mass is 32.2. The van der Waals surface area contributed by atoms with Gasteiger partial charge in [0.1, 0.15) is 4.90 Å². The molecule has 3 aromatic rings. The van der Waals surface area contributed by atoms with E-state index in [0.717, 1.165) is 11.4 Å². The molecule has 8 heteroatoms. The Labute approximate surface area is 128 Å². The molecule has 22 heavy (non-hydrogen) atoms. The highest BCUT2D eigenvalue weighted by Crippen LogP contribution is 2.24. The highest BCUT2D eigenvalue weighted by molar-refractivity contribution is 7.92. The van der Waals surface area contributed by atoms with Crippen molar-refractivity contribution in [2.24, 2.45) is 0 Å². The maximum atomic E-state index is 12.6. The van der Waals surface area contributed by atoms with E-state index in [4.69, 9.17) is 0 Å². The summed E-state index contributed by atoms with van der Waals surface area (Å²) in [5, 5.41) is 6.63. The van der Waals surface area contributed by atoms with E-state index in [1.807, 2.05) is 24.4 Å². The van der Waals surface area contributed by atoms with Gasteiger partial charge in [-0.1, -0.05) is 0 Å². The molecule has 0 radical (unpaired) electrons. The average molecular weight is 319 g/mol. The van der Waals surface area contributed by atoms with Gasteiger partial charge in [-0.15, -0.1) is 0 Å². The van der Waals surface area contributed by atoms with Crippen LogP contribution >= 0.6 is 0 Å². The third kappa shape index (κ3) is 2.16. The number of aromatic amines is 1. The van der Waals surface area contributed by atoms with Gasteiger partial charge < -0.3 is 4.40 Å². The van der Waals surface area contributed by atoms with E-state index >= 15 is 0 Å². The minimum Gasteiger partial charge on any atom is -0.302 e. The molecule has 0 aliphatic heterocycles. The molecule has 3 rings (SSSR count). The molecule has 3 aromatic heterocycles. The number of nitrogens with one attached hydrogen (secondary N) is 2. The summed E-state index contributed by atoms with van der Waals surface area (Å²) in [5.74, 6) is 0. The van der Waals surface area contributed by atoms with E-state index in [-0.39, 0.29) is 4.90 Å². The van der Waals surface area contributed by atoms with Crippen molar-refractivity contribution in [3.05, 3.63) is 41.1 Å². The number of pyridine rings is 1. The standard InChI is InChI=1S/C14H17N5O2S/c1-8-11(4)19-7-5-6-12(14(19)15-8)18-22(20,21)13-9(2)16-17-10(13)3/h5-7,18H,1-4H3,(H,16,17). The van der Waals surface area contributed by atoms with Crippen LogP contribution in [-0.2, 0) is 10.0 Å². The van der Waals surface area contributed by atoms with Gasteiger partial charge >= 0.3 is 0 Å². The number of rotatable bonds is 3. The number of anilines is 1. The fourth-order valence-corrected chi connectivity index (χ4v) is 3.95. The zero-order chi connectivity index (χ0) is 16.1. The van der Waals surface area contributed by atoms with Gasteiger partial charge in [-0.05, 0) is 39.8 Å². The summed E-state index contributed by atoms with van der Waals surface area (Å²) in [4.78, 5) is 4.61. The van der Waals surface area contributed by atoms with Crippen molar-refractivity contribution in [1.82, 2.24) is 19.6 Å². The molecule has 3 heterocycles. The highest BCUT2D eigenvalue weighted by Gasteiger charge is 2.23. The van der Waals surface area contributed by atoms with Crippen molar-refractivity contribution in [3.8, 4) is 0 Å². The third-order valence-electron chi connectivity index (χ3n) is 3.70. The molecule has 0 fully saturated rings. The lowest BCUT2D eigenvalue weighted by molar-refractivity contribution is 0.600. The van der Waals surface area contributed by atoms with Crippen molar-refractivity contribution < 1.29 is 8.42 Å². The van der Waals surface area contributed by atoms with Gasteiger partial charge in [0, 0.05) is 11.9 Å². The molecule has 116 valence electrons. The second-order valence-corrected chi connectivity index (χ2v) is 6.89. The maximum Gasteiger partial charge on any atom is 0.265 e. The third-order valence-corrected chi connectivity index (χ3v) is 5.33. The monoisotopic (exact) mass is 319 g/mol. The number of sulfonamides is 1. The SMILES string of the molecule is Cc1n[nH]c(C)c1S(=O)(=O)Nc1cccn2c(C)c(C)nc12. The lowest BCUT2D eigenvalue weighted by atomic mass is 10.4. The van der Waals surface area contributed by atoms with Gasteiger partial charge in [0.2, 0.25) is 0 Å². The van der Waals surface area contributed by atoms with Gasteiger partial charge in [0.15, 0.2) is 5.65 Å². The van der Waals surface area contributed by atoms with Crippen LogP contribution in [0, 0.1) is 27.7 Å². The largest absolute Gasteiger partial charge is 0.302 e. The Morgan fingerprint density at radius 2 is 1.91 bits per heavy atom. The van der Waals surface area contributed by atoms with Crippen molar-refractivity contribution >= 4 is 21.4 Å². The van der Waals surface area contributed by atoms with Gasteiger partial charge in [-0.3, -0.25) is 9.82 Å². The fourth-order valence-electron chi connectivity index (χ4n) is 2.51. The second kappa shape index (κ2) is 4.84. The molecule has 0 aromatic carbocycles. The van der Waals surface area contributed by atoms with Gasteiger partial charge in [-0.25, -0.2) is 13.4 Å². The Morgan fingerprint density at radius 1 is 1.18 bits per heavy atom. The smallest absolute Gasteiger partial charge is 0.265 e. The van der Waals surface area contributed by atoms with Crippen LogP contribution < -0.4 is 4.72 Å². The van der Waals surface area contributed by atoms with Gasteiger partial charge in [0.05, 0.1) is 22.8 Å². The molecular formula is C14H17N5O2S. The molecule has 0 saturated carbocycles. The van der Waals surface area contributed by atoms with Gasteiger partial charge in [0.25, 0.3) is 10.0 Å². The quantitative estimate of drug-likeness (QED) is 0.773. The summed E-state index contributed by atoms with van der Waals surface area (Å²) in [6, 6.07) is 3.48. The van der Waals surface area contributed by atoms with E-state index in [9.17, 15) is 8.42 Å². The van der Waals surface area contributed by atoms with E-state index in [0.29, 0.717) is 22.7 Å².